The van der Waals surface area contributed by atoms with Crippen LogP contribution in [0, 0.1) is 6.92 Å². The highest BCUT2D eigenvalue weighted by atomic mass is 14.9. The van der Waals surface area contributed by atoms with Crippen molar-refractivity contribution in [2.45, 2.75) is 19.4 Å². The molecule has 0 radical (unpaired) electrons. The van der Waals surface area contributed by atoms with Gasteiger partial charge in [-0.05, 0) is 31.0 Å². The molecule has 1 unspecified atom stereocenters. The Bertz CT molecular complexity index is 307. The molecule has 1 aromatic rings. The first-order chi connectivity index (χ1) is 7.29. The molecule has 0 aliphatic carbocycles. The Hall–Kier alpha value is -1.12. The average Bonchev–Trinajstić information content (AvgIpc) is 2.26. The summed E-state index contributed by atoms with van der Waals surface area (Å²) >= 11 is 0. The molecule has 1 atom stereocenters. The monoisotopic (exact) mass is 204 g/mol. The lowest BCUT2D eigenvalue weighted by atomic mass is 10.0. The molecule has 82 valence electrons. The van der Waals surface area contributed by atoms with Crippen LogP contribution in [0.1, 0.15) is 23.6 Å². The summed E-state index contributed by atoms with van der Waals surface area (Å²) in [5.74, 6) is 0. The van der Waals surface area contributed by atoms with Crippen LogP contribution in [0.3, 0.4) is 0 Å². The van der Waals surface area contributed by atoms with Crippen molar-refractivity contribution in [3.05, 3.63) is 48.0 Å². The summed E-state index contributed by atoms with van der Waals surface area (Å²) in [4.78, 5) is 0. The second-order valence-corrected chi connectivity index (χ2v) is 3.68. The normalized spacial score (nSPS) is 12.4. The van der Waals surface area contributed by atoms with Gasteiger partial charge < -0.3 is 11.1 Å². The van der Waals surface area contributed by atoms with Gasteiger partial charge in [-0.25, -0.2) is 0 Å². The van der Waals surface area contributed by atoms with E-state index in [4.69, 9.17) is 5.73 Å². The summed E-state index contributed by atoms with van der Waals surface area (Å²) in [7, 11) is 0. The Morgan fingerprint density at radius 1 is 1.47 bits per heavy atom. The van der Waals surface area contributed by atoms with Gasteiger partial charge in [-0.3, -0.25) is 0 Å². The van der Waals surface area contributed by atoms with Gasteiger partial charge >= 0.3 is 0 Å². The molecule has 0 saturated carbocycles. The summed E-state index contributed by atoms with van der Waals surface area (Å²) in [5.41, 5.74) is 8.35. The van der Waals surface area contributed by atoms with E-state index in [1.54, 1.807) is 0 Å². The maximum absolute atomic E-state index is 5.77. The number of nitrogens with one attached hydrogen (secondary N) is 1. The smallest absolute Gasteiger partial charge is 0.0447 e. The van der Waals surface area contributed by atoms with E-state index < -0.39 is 0 Å². The van der Waals surface area contributed by atoms with Gasteiger partial charge in [0.15, 0.2) is 0 Å². The Labute approximate surface area is 92.2 Å². The van der Waals surface area contributed by atoms with E-state index in [1.165, 1.54) is 11.1 Å². The van der Waals surface area contributed by atoms with E-state index in [0.29, 0.717) is 6.54 Å². The first-order valence-electron chi connectivity index (χ1n) is 5.39. The zero-order chi connectivity index (χ0) is 11.1. The van der Waals surface area contributed by atoms with Gasteiger partial charge in [-0.15, -0.1) is 6.58 Å². The lowest BCUT2D eigenvalue weighted by Crippen LogP contribution is -2.29. The third-order valence-electron chi connectivity index (χ3n) is 2.54. The van der Waals surface area contributed by atoms with Crippen LogP contribution in [-0.4, -0.2) is 13.1 Å². The first kappa shape index (κ1) is 12.0. The molecule has 1 rings (SSSR count). The molecule has 2 heteroatoms. The second kappa shape index (κ2) is 6.38. The zero-order valence-electron chi connectivity index (χ0n) is 9.37. The van der Waals surface area contributed by atoms with Gasteiger partial charge in [0.05, 0.1) is 0 Å². The van der Waals surface area contributed by atoms with Crippen LogP contribution in [0.25, 0.3) is 0 Å². The maximum atomic E-state index is 5.77. The molecule has 3 N–H and O–H groups in total. The van der Waals surface area contributed by atoms with Crippen LogP contribution in [0.15, 0.2) is 36.9 Å². The molecule has 0 heterocycles. The highest BCUT2D eigenvalue weighted by molar-refractivity contribution is 5.28. The van der Waals surface area contributed by atoms with E-state index in [2.05, 4.69) is 43.1 Å². The zero-order valence-corrected chi connectivity index (χ0v) is 9.37. The molecule has 0 fully saturated rings. The van der Waals surface area contributed by atoms with E-state index >= 15 is 0 Å². The largest absolute Gasteiger partial charge is 0.329 e. The van der Waals surface area contributed by atoms with Crippen molar-refractivity contribution in [1.29, 1.82) is 0 Å². The molecule has 0 aliphatic rings. The molecule has 15 heavy (non-hydrogen) atoms. The predicted octanol–water partition coefficient (Wildman–Crippen LogP) is 2.16. The van der Waals surface area contributed by atoms with Crippen molar-refractivity contribution in [2.24, 2.45) is 5.73 Å². The molecule has 0 amide bonds. The minimum Gasteiger partial charge on any atom is -0.329 e. The Balaban J connectivity index is 2.65. The molecular weight excluding hydrogens is 184 g/mol. The van der Waals surface area contributed by atoms with E-state index in [0.717, 1.165) is 13.0 Å². The molecule has 1 aromatic carbocycles. The van der Waals surface area contributed by atoms with Crippen LogP contribution in [0.5, 0.6) is 0 Å². The molecule has 2 nitrogen and oxygen atoms in total. The third kappa shape index (κ3) is 3.50. The predicted molar refractivity (Wildman–Crippen MR) is 65.8 cm³/mol. The Kier molecular flexibility index (Phi) is 5.08. The minimum atomic E-state index is 0.256. The summed E-state index contributed by atoms with van der Waals surface area (Å²) in [5, 5.41) is 3.43. The highest BCUT2D eigenvalue weighted by Gasteiger charge is 2.09. The fourth-order valence-corrected chi connectivity index (χ4v) is 1.66. The van der Waals surface area contributed by atoms with Crippen LogP contribution in [-0.2, 0) is 0 Å². The molecule has 0 bridgehead atoms. The SMILES string of the molecule is C=CCCNC(CN)c1ccccc1C. The molecule has 0 spiro atoms. The number of hydrogen-bond donors (Lipinski definition) is 2. The summed E-state index contributed by atoms with van der Waals surface area (Å²) in [6.07, 6.45) is 2.89. The maximum Gasteiger partial charge on any atom is 0.0447 e. The highest BCUT2D eigenvalue weighted by Crippen LogP contribution is 2.15. The fourth-order valence-electron chi connectivity index (χ4n) is 1.66. The average molecular weight is 204 g/mol. The van der Waals surface area contributed by atoms with Gasteiger partial charge in [0, 0.05) is 12.6 Å². The molecule has 0 aromatic heterocycles. The third-order valence-corrected chi connectivity index (χ3v) is 2.54. The van der Waals surface area contributed by atoms with Crippen molar-refractivity contribution in [1.82, 2.24) is 5.32 Å². The number of aryl methyl sites for hydroxylation is 1. The molecule has 0 saturated heterocycles. The van der Waals surface area contributed by atoms with Gasteiger partial charge in [0.2, 0.25) is 0 Å². The topological polar surface area (TPSA) is 38.0 Å². The summed E-state index contributed by atoms with van der Waals surface area (Å²) < 4.78 is 0. The van der Waals surface area contributed by atoms with Crippen LogP contribution < -0.4 is 11.1 Å². The molecule has 0 aliphatic heterocycles. The Morgan fingerprint density at radius 2 is 2.20 bits per heavy atom. The van der Waals surface area contributed by atoms with Crippen LogP contribution >= 0.6 is 0 Å². The number of rotatable bonds is 6. The number of benzene rings is 1. The minimum absolute atomic E-state index is 0.256. The summed E-state index contributed by atoms with van der Waals surface area (Å²) in [6.45, 7) is 7.38. The van der Waals surface area contributed by atoms with Crippen molar-refractivity contribution in [3.63, 3.8) is 0 Å². The second-order valence-electron chi connectivity index (χ2n) is 3.68. The van der Waals surface area contributed by atoms with E-state index in [1.807, 2.05) is 6.08 Å². The van der Waals surface area contributed by atoms with E-state index in [9.17, 15) is 0 Å². The van der Waals surface area contributed by atoms with Crippen LogP contribution in [0.2, 0.25) is 0 Å². The van der Waals surface area contributed by atoms with Gasteiger partial charge in [0.25, 0.3) is 0 Å². The first-order valence-corrected chi connectivity index (χ1v) is 5.39. The van der Waals surface area contributed by atoms with E-state index in [-0.39, 0.29) is 6.04 Å². The van der Waals surface area contributed by atoms with Gasteiger partial charge in [0.1, 0.15) is 0 Å². The quantitative estimate of drug-likeness (QED) is 0.550. The lowest BCUT2D eigenvalue weighted by Gasteiger charge is -2.18. The summed E-state index contributed by atoms with van der Waals surface area (Å²) in [6, 6.07) is 8.61. The number of hydrogen-bond acceptors (Lipinski definition) is 2. The lowest BCUT2D eigenvalue weighted by molar-refractivity contribution is 0.546. The Morgan fingerprint density at radius 3 is 2.80 bits per heavy atom. The standard InChI is InChI=1S/C13H20N2/c1-3-4-9-15-13(10-14)12-8-6-5-7-11(12)2/h3,5-8,13,15H,1,4,9-10,14H2,2H3. The fraction of sp³-hybridized carbons (Fsp3) is 0.385. The van der Waals surface area contributed by atoms with Gasteiger partial charge in [-0.1, -0.05) is 30.3 Å². The van der Waals surface area contributed by atoms with Crippen molar-refractivity contribution < 1.29 is 0 Å². The van der Waals surface area contributed by atoms with Crippen molar-refractivity contribution >= 4 is 0 Å². The van der Waals surface area contributed by atoms with Crippen LogP contribution in [0.4, 0.5) is 0 Å². The van der Waals surface area contributed by atoms with Crippen molar-refractivity contribution in [2.75, 3.05) is 13.1 Å². The molecular formula is C13H20N2. The van der Waals surface area contributed by atoms with Gasteiger partial charge in [-0.2, -0.15) is 0 Å². The van der Waals surface area contributed by atoms with Crippen molar-refractivity contribution in [3.8, 4) is 0 Å². The number of nitrogens with two attached hydrogens (primary N) is 1.